The fourth-order valence-electron chi connectivity index (χ4n) is 1.62. The zero-order chi connectivity index (χ0) is 14.8. The van der Waals surface area contributed by atoms with Crippen molar-refractivity contribution in [2.75, 3.05) is 0 Å². The highest BCUT2D eigenvalue weighted by atomic mass is 79.9. The fraction of sp³-hybridized carbons (Fsp3) is 0.500. The summed E-state index contributed by atoms with van der Waals surface area (Å²) in [5, 5.41) is 2.62. The third-order valence-electron chi connectivity index (χ3n) is 2.84. The highest BCUT2D eigenvalue weighted by Gasteiger charge is 2.45. The van der Waals surface area contributed by atoms with Crippen LogP contribution in [0.5, 0.6) is 0 Å². The van der Waals surface area contributed by atoms with Gasteiger partial charge in [0.05, 0.1) is 0 Å². The second-order valence-corrected chi connectivity index (χ2v) is 6.63. The molecule has 1 rings (SSSR count). The van der Waals surface area contributed by atoms with Gasteiger partial charge in [0.1, 0.15) is 5.41 Å². The molecule has 1 atom stereocenters. The molecule has 1 N–H and O–H groups in total. The summed E-state index contributed by atoms with van der Waals surface area (Å²) in [4.78, 5) is 12.2. The van der Waals surface area contributed by atoms with E-state index in [2.05, 4.69) is 21.2 Å². The van der Waals surface area contributed by atoms with Crippen molar-refractivity contribution in [1.29, 1.82) is 0 Å². The highest BCUT2D eigenvalue weighted by Crippen LogP contribution is 2.32. The largest absolute Gasteiger partial charge is 0.351 e. The molecular weight excluding hydrogens is 316 g/mol. The van der Waals surface area contributed by atoms with Crippen molar-refractivity contribution < 1.29 is 13.6 Å². The standard InChI is InChI=1S/C14H18BrF2NO/c1-13(2,3)18-12(19)14(4,11(16)17)9-5-7-10(15)8-6-9/h5-8,11H,1-4H3,(H,18,19)/t14-/m1/s1. The van der Waals surface area contributed by atoms with Gasteiger partial charge in [-0.2, -0.15) is 0 Å². The molecule has 0 heterocycles. The number of amides is 1. The number of halogens is 3. The van der Waals surface area contributed by atoms with Crippen LogP contribution in [-0.4, -0.2) is 17.9 Å². The van der Waals surface area contributed by atoms with E-state index < -0.39 is 23.3 Å². The van der Waals surface area contributed by atoms with Crippen molar-refractivity contribution in [3.05, 3.63) is 34.3 Å². The van der Waals surface area contributed by atoms with Crippen LogP contribution in [0.1, 0.15) is 33.3 Å². The molecular formula is C14H18BrF2NO. The van der Waals surface area contributed by atoms with Gasteiger partial charge in [0.2, 0.25) is 5.91 Å². The number of rotatable bonds is 3. The molecule has 0 bridgehead atoms. The first-order chi connectivity index (χ1) is 8.57. The predicted molar refractivity (Wildman–Crippen MR) is 75.4 cm³/mol. The maximum atomic E-state index is 13.4. The van der Waals surface area contributed by atoms with Crippen LogP contribution in [0.15, 0.2) is 28.7 Å². The molecule has 2 nitrogen and oxygen atoms in total. The van der Waals surface area contributed by atoms with Gasteiger partial charge in [0.15, 0.2) is 0 Å². The van der Waals surface area contributed by atoms with Crippen LogP contribution in [0, 0.1) is 0 Å². The molecule has 0 aromatic heterocycles. The smallest absolute Gasteiger partial charge is 0.256 e. The molecule has 1 aromatic carbocycles. The van der Waals surface area contributed by atoms with E-state index in [0.717, 1.165) is 4.47 Å². The first kappa shape index (κ1) is 16.1. The molecule has 0 spiro atoms. The van der Waals surface area contributed by atoms with Crippen molar-refractivity contribution in [1.82, 2.24) is 5.32 Å². The zero-order valence-corrected chi connectivity index (χ0v) is 13.0. The van der Waals surface area contributed by atoms with Gasteiger partial charge in [-0.1, -0.05) is 28.1 Å². The number of hydrogen-bond acceptors (Lipinski definition) is 1. The molecule has 1 amide bonds. The Hall–Kier alpha value is -0.970. The van der Waals surface area contributed by atoms with Crippen molar-refractivity contribution in [2.24, 2.45) is 0 Å². The van der Waals surface area contributed by atoms with Crippen LogP contribution in [0.3, 0.4) is 0 Å². The van der Waals surface area contributed by atoms with E-state index in [1.54, 1.807) is 45.0 Å². The van der Waals surface area contributed by atoms with Crippen LogP contribution >= 0.6 is 15.9 Å². The molecule has 106 valence electrons. The number of nitrogens with one attached hydrogen (secondary N) is 1. The Morgan fingerprint density at radius 3 is 2.00 bits per heavy atom. The summed E-state index contributed by atoms with van der Waals surface area (Å²) in [6.07, 6.45) is -2.78. The summed E-state index contributed by atoms with van der Waals surface area (Å²) >= 11 is 3.25. The van der Waals surface area contributed by atoms with Crippen LogP contribution < -0.4 is 5.32 Å². The number of benzene rings is 1. The summed E-state index contributed by atoms with van der Waals surface area (Å²) in [6.45, 7) is 6.55. The maximum Gasteiger partial charge on any atom is 0.256 e. The monoisotopic (exact) mass is 333 g/mol. The normalized spacial score (nSPS) is 15.2. The summed E-state index contributed by atoms with van der Waals surface area (Å²) in [5.41, 5.74) is -2.11. The van der Waals surface area contributed by atoms with E-state index in [1.165, 1.54) is 6.92 Å². The lowest BCUT2D eigenvalue weighted by Crippen LogP contribution is -2.53. The van der Waals surface area contributed by atoms with Gasteiger partial charge in [0.25, 0.3) is 6.43 Å². The lowest BCUT2D eigenvalue weighted by atomic mass is 9.81. The Balaban J connectivity index is 3.17. The van der Waals surface area contributed by atoms with E-state index in [-0.39, 0.29) is 0 Å². The van der Waals surface area contributed by atoms with Gasteiger partial charge in [-0.15, -0.1) is 0 Å². The molecule has 0 fully saturated rings. The third kappa shape index (κ3) is 3.75. The molecule has 0 aliphatic carbocycles. The molecule has 0 aliphatic heterocycles. The molecule has 0 saturated carbocycles. The second kappa shape index (κ2) is 5.57. The van der Waals surface area contributed by atoms with E-state index in [9.17, 15) is 13.6 Å². The van der Waals surface area contributed by atoms with Crippen molar-refractivity contribution in [3.63, 3.8) is 0 Å². The Morgan fingerprint density at radius 1 is 1.16 bits per heavy atom. The third-order valence-corrected chi connectivity index (χ3v) is 3.37. The number of carbonyl (C=O) groups excluding carboxylic acids is 1. The minimum absolute atomic E-state index is 0.299. The number of carbonyl (C=O) groups is 1. The van der Waals surface area contributed by atoms with Crippen LogP contribution in [-0.2, 0) is 10.2 Å². The number of hydrogen-bond donors (Lipinski definition) is 1. The summed E-state index contributed by atoms with van der Waals surface area (Å²) in [7, 11) is 0. The van der Waals surface area contributed by atoms with Gasteiger partial charge in [-0.3, -0.25) is 4.79 Å². The van der Waals surface area contributed by atoms with Gasteiger partial charge in [-0.05, 0) is 45.4 Å². The first-order valence-corrected chi connectivity index (χ1v) is 6.73. The van der Waals surface area contributed by atoms with E-state index in [0.29, 0.717) is 5.56 Å². The number of alkyl halides is 2. The van der Waals surface area contributed by atoms with Crippen molar-refractivity contribution in [3.8, 4) is 0 Å². The van der Waals surface area contributed by atoms with E-state index in [1.807, 2.05) is 0 Å². The Bertz CT molecular complexity index is 454. The maximum absolute atomic E-state index is 13.4. The Morgan fingerprint density at radius 2 is 1.63 bits per heavy atom. The Labute approximate surface area is 120 Å². The average Bonchev–Trinajstić information content (AvgIpc) is 2.26. The average molecular weight is 334 g/mol. The molecule has 5 heteroatoms. The van der Waals surface area contributed by atoms with E-state index in [4.69, 9.17) is 0 Å². The minimum Gasteiger partial charge on any atom is -0.351 e. The highest BCUT2D eigenvalue weighted by molar-refractivity contribution is 9.10. The van der Waals surface area contributed by atoms with Crippen LogP contribution in [0.4, 0.5) is 8.78 Å². The predicted octanol–water partition coefficient (Wildman–Crippen LogP) is 3.89. The first-order valence-electron chi connectivity index (χ1n) is 5.94. The quantitative estimate of drug-likeness (QED) is 0.893. The lowest BCUT2D eigenvalue weighted by Gasteiger charge is -2.32. The SMILES string of the molecule is CC(C)(C)NC(=O)[C@](C)(c1ccc(Br)cc1)C(F)F. The topological polar surface area (TPSA) is 29.1 Å². The molecule has 0 saturated heterocycles. The second-order valence-electron chi connectivity index (χ2n) is 5.71. The fourth-order valence-corrected chi connectivity index (χ4v) is 1.89. The Kier molecular flexibility index (Phi) is 4.72. The molecule has 0 radical (unpaired) electrons. The van der Waals surface area contributed by atoms with Crippen LogP contribution in [0.25, 0.3) is 0 Å². The minimum atomic E-state index is -2.78. The van der Waals surface area contributed by atoms with E-state index >= 15 is 0 Å². The summed E-state index contributed by atoms with van der Waals surface area (Å²) in [6, 6.07) is 6.39. The molecule has 0 aliphatic rings. The summed E-state index contributed by atoms with van der Waals surface area (Å²) in [5.74, 6) is -0.669. The van der Waals surface area contributed by atoms with Gasteiger partial charge >= 0.3 is 0 Å². The lowest BCUT2D eigenvalue weighted by molar-refractivity contribution is -0.133. The summed E-state index contributed by atoms with van der Waals surface area (Å²) < 4.78 is 27.6. The van der Waals surface area contributed by atoms with Gasteiger partial charge in [0, 0.05) is 10.0 Å². The molecule has 0 unspecified atom stereocenters. The molecule has 19 heavy (non-hydrogen) atoms. The van der Waals surface area contributed by atoms with Crippen molar-refractivity contribution >= 4 is 21.8 Å². The van der Waals surface area contributed by atoms with Gasteiger partial charge < -0.3 is 5.32 Å². The van der Waals surface area contributed by atoms with Crippen molar-refractivity contribution in [2.45, 2.75) is 45.1 Å². The zero-order valence-electron chi connectivity index (χ0n) is 11.4. The van der Waals surface area contributed by atoms with Crippen LogP contribution in [0.2, 0.25) is 0 Å². The van der Waals surface area contributed by atoms with Gasteiger partial charge in [-0.25, -0.2) is 8.78 Å². The molecule has 1 aromatic rings.